The number of nitrogens with zero attached hydrogens (tertiary/aromatic N) is 1. The van der Waals surface area contributed by atoms with Crippen LogP contribution < -0.4 is 10.1 Å². The van der Waals surface area contributed by atoms with E-state index < -0.39 is 11.2 Å². The van der Waals surface area contributed by atoms with Crippen LogP contribution in [-0.2, 0) is 20.9 Å². The summed E-state index contributed by atoms with van der Waals surface area (Å²) in [6, 6.07) is 11.6. The molecule has 2 aromatic carbocycles. The number of ether oxygens (including phenoxy) is 2. The zero-order chi connectivity index (χ0) is 23.7. The molecule has 2 aromatic rings. The molecule has 0 aliphatic rings. The molecule has 0 aliphatic heterocycles. The first kappa shape index (κ1) is 25.7. The van der Waals surface area contributed by atoms with Gasteiger partial charge in [-0.1, -0.05) is 12.1 Å². The van der Waals surface area contributed by atoms with Crippen LogP contribution >= 0.6 is 11.8 Å². The third-order valence-corrected chi connectivity index (χ3v) is 6.08. The maximum atomic E-state index is 12.7. The molecule has 1 unspecified atom stereocenters. The molecule has 7 nitrogen and oxygen atoms in total. The topological polar surface area (TPSA) is 88.1 Å². The largest absolute Gasteiger partial charge is 0.496 e. The van der Waals surface area contributed by atoms with Gasteiger partial charge in [-0.3, -0.25) is 14.5 Å². The van der Waals surface area contributed by atoms with Gasteiger partial charge in [-0.05, 0) is 61.7 Å². The second kappa shape index (κ2) is 12.5. The Kier molecular flexibility index (Phi) is 10.0. The monoisotopic (exact) mass is 460 g/mol. The van der Waals surface area contributed by atoms with Crippen LogP contribution in [0.5, 0.6) is 5.75 Å². The van der Waals surface area contributed by atoms with Crippen LogP contribution in [0, 0.1) is 13.8 Å². The molecule has 174 valence electrons. The Balaban J connectivity index is 2.03. The van der Waals surface area contributed by atoms with Crippen molar-refractivity contribution in [2.75, 3.05) is 39.2 Å². The predicted octanol–water partition coefficient (Wildman–Crippen LogP) is 3.96. The lowest BCUT2D eigenvalue weighted by atomic mass is 10.1. The number of carbonyl (C=O) groups is 2. The van der Waals surface area contributed by atoms with Gasteiger partial charge in [0.05, 0.1) is 20.3 Å². The number of methoxy groups -OCH3 is 2. The van der Waals surface area contributed by atoms with Gasteiger partial charge in [0.25, 0.3) is 0 Å². The fraction of sp³-hybridized carbons (Fsp3) is 0.417. The van der Waals surface area contributed by atoms with E-state index in [-0.39, 0.29) is 12.5 Å². The number of nitrogens with one attached hydrogen (secondary N) is 1. The molecule has 0 bridgehead atoms. The minimum absolute atomic E-state index is 0.101. The number of carbonyl (C=O) groups excluding carboxylic acids is 1. The lowest BCUT2D eigenvalue weighted by Crippen LogP contribution is -2.35. The number of thioether (sulfide) groups is 1. The number of anilines is 1. The maximum absolute atomic E-state index is 12.7. The molecular weight excluding hydrogens is 428 g/mol. The van der Waals surface area contributed by atoms with Crippen LogP contribution in [-0.4, -0.2) is 61.0 Å². The van der Waals surface area contributed by atoms with E-state index in [2.05, 4.69) is 5.32 Å². The van der Waals surface area contributed by atoms with Crippen molar-refractivity contribution in [3.8, 4) is 5.75 Å². The number of hydrogen-bond donors (Lipinski definition) is 2. The highest BCUT2D eigenvalue weighted by molar-refractivity contribution is 8.00. The van der Waals surface area contributed by atoms with Crippen LogP contribution in [0.2, 0.25) is 0 Å². The second-order valence-electron chi connectivity index (χ2n) is 7.63. The van der Waals surface area contributed by atoms with E-state index in [0.717, 1.165) is 33.0 Å². The van der Waals surface area contributed by atoms with Gasteiger partial charge in [0.2, 0.25) is 5.91 Å². The smallest absolute Gasteiger partial charge is 0.316 e. The minimum Gasteiger partial charge on any atom is -0.496 e. The highest BCUT2D eigenvalue weighted by Gasteiger charge is 2.15. The zero-order valence-electron chi connectivity index (χ0n) is 19.3. The average molecular weight is 461 g/mol. The Hall–Kier alpha value is -2.55. The van der Waals surface area contributed by atoms with Crippen molar-refractivity contribution in [1.82, 2.24) is 4.90 Å². The molecule has 32 heavy (non-hydrogen) atoms. The van der Waals surface area contributed by atoms with E-state index in [1.165, 1.54) is 11.8 Å². The van der Waals surface area contributed by atoms with Gasteiger partial charge < -0.3 is 19.9 Å². The van der Waals surface area contributed by atoms with Crippen molar-refractivity contribution in [3.05, 3.63) is 53.1 Å². The van der Waals surface area contributed by atoms with Crippen LogP contribution in [0.4, 0.5) is 5.69 Å². The van der Waals surface area contributed by atoms with Crippen LogP contribution in [0.1, 0.15) is 23.6 Å². The number of aliphatic carboxylic acids is 1. The van der Waals surface area contributed by atoms with Gasteiger partial charge in [0.1, 0.15) is 11.0 Å². The van der Waals surface area contributed by atoms with Crippen molar-refractivity contribution in [1.29, 1.82) is 0 Å². The molecule has 0 heterocycles. The Labute approximate surface area is 194 Å². The zero-order valence-corrected chi connectivity index (χ0v) is 20.1. The Morgan fingerprint density at radius 2 is 1.81 bits per heavy atom. The van der Waals surface area contributed by atoms with Crippen molar-refractivity contribution < 1.29 is 24.2 Å². The molecule has 8 heteroatoms. The second-order valence-corrected chi connectivity index (χ2v) is 9.04. The van der Waals surface area contributed by atoms with Gasteiger partial charge in [-0.25, -0.2) is 0 Å². The molecule has 2 rings (SSSR count). The first-order valence-corrected chi connectivity index (χ1v) is 11.3. The number of aryl methyl sites for hydroxylation is 2. The summed E-state index contributed by atoms with van der Waals surface area (Å²) in [5.41, 5.74) is 3.71. The van der Waals surface area contributed by atoms with Gasteiger partial charge >= 0.3 is 5.97 Å². The molecule has 1 atom stereocenters. The molecule has 1 amide bonds. The SMILES string of the molecule is COCCN(CC(=O)Nc1cc(C)c(OC)cc1C)Cc1ccc(SC(C)C(=O)O)cc1. The van der Waals surface area contributed by atoms with Crippen molar-refractivity contribution in [2.24, 2.45) is 0 Å². The van der Waals surface area contributed by atoms with Gasteiger partial charge in [0, 0.05) is 30.8 Å². The average Bonchev–Trinajstić information content (AvgIpc) is 2.75. The molecule has 0 spiro atoms. The molecule has 0 fully saturated rings. The lowest BCUT2D eigenvalue weighted by Gasteiger charge is -2.22. The minimum atomic E-state index is -0.835. The molecule has 0 aliphatic carbocycles. The summed E-state index contributed by atoms with van der Waals surface area (Å²) in [5, 5.41) is 11.6. The first-order chi connectivity index (χ1) is 15.2. The number of benzene rings is 2. The van der Waals surface area contributed by atoms with Crippen LogP contribution in [0.15, 0.2) is 41.3 Å². The summed E-state index contributed by atoms with van der Waals surface area (Å²) in [5.74, 6) is -0.143. The Morgan fingerprint density at radius 1 is 1.12 bits per heavy atom. The van der Waals surface area contributed by atoms with Crippen molar-refractivity contribution in [3.63, 3.8) is 0 Å². The van der Waals surface area contributed by atoms with Crippen LogP contribution in [0.3, 0.4) is 0 Å². The normalized spacial score (nSPS) is 11.9. The summed E-state index contributed by atoms with van der Waals surface area (Å²) in [4.78, 5) is 26.7. The first-order valence-electron chi connectivity index (χ1n) is 10.4. The van der Waals surface area contributed by atoms with Crippen LogP contribution in [0.25, 0.3) is 0 Å². The summed E-state index contributed by atoms with van der Waals surface area (Å²) < 4.78 is 10.5. The van der Waals surface area contributed by atoms with E-state index in [9.17, 15) is 9.59 Å². The molecule has 0 saturated heterocycles. The maximum Gasteiger partial charge on any atom is 0.316 e. The fourth-order valence-corrected chi connectivity index (χ4v) is 3.96. The quantitative estimate of drug-likeness (QED) is 0.464. The number of carboxylic acids is 1. The summed E-state index contributed by atoms with van der Waals surface area (Å²) >= 11 is 1.30. The van der Waals surface area contributed by atoms with Gasteiger partial charge in [0.15, 0.2) is 0 Å². The van der Waals surface area contributed by atoms with Gasteiger partial charge in [-0.15, -0.1) is 11.8 Å². The van der Waals surface area contributed by atoms with E-state index in [1.807, 2.05) is 55.1 Å². The molecule has 0 aromatic heterocycles. The standard InChI is InChI=1S/C24H32N2O5S/c1-16-13-22(31-5)17(2)12-21(16)25-23(27)15-26(10-11-30-4)14-19-6-8-20(9-7-19)32-18(3)24(28)29/h6-9,12-13,18H,10-11,14-15H2,1-5H3,(H,25,27)(H,28,29). The molecular formula is C24H32N2O5S. The summed E-state index contributed by atoms with van der Waals surface area (Å²) in [6.07, 6.45) is 0. The highest BCUT2D eigenvalue weighted by Crippen LogP contribution is 2.26. The van der Waals surface area contributed by atoms with Crippen molar-refractivity contribution in [2.45, 2.75) is 37.5 Å². The summed E-state index contributed by atoms with van der Waals surface area (Å²) in [6.45, 7) is 7.47. The third-order valence-electron chi connectivity index (χ3n) is 4.98. The number of carboxylic acid groups (broad SMARTS) is 1. The number of rotatable bonds is 12. The number of amides is 1. The van der Waals surface area contributed by atoms with E-state index in [0.29, 0.717) is 19.7 Å². The van der Waals surface area contributed by atoms with Crippen molar-refractivity contribution >= 4 is 29.3 Å². The van der Waals surface area contributed by atoms with E-state index in [4.69, 9.17) is 14.6 Å². The number of hydrogen-bond acceptors (Lipinski definition) is 6. The van der Waals surface area contributed by atoms with E-state index in [1.54, 1.807) is 21.1 Å². The van der Waals surface area contributed by atoms with E-state index >= 15 is 0 Å². The predicted molar refractivity (Wildman–Crippen MR) is 128 cm³/mol. The Morgan fingerprint density at radius 3 is 2.41 bits per heavy atom. The highest BCUT2D eigenvalue weighted by atomic mass is 32.2. The molecule has 0 radical (unpaired) electrons. The lowest BCUT2D eigenvalue weighted by molar-refractivity contribution is -0.136. The Bertz CT molecular complexity index is 917. The van der Waals surface area contributed by atoms with Gasteiger partial charge in [-0.2, -0.15) is 0 Å². The third kappa shape index (κ3) is 7.85. The summed E-state index contributed by atoms with van der Waals surface area (Å²) in [7, 11) is 3.27. The molecule has 2 N–H and O–H groups in total. The fourth-order valence-electron chi connectivity index (χ4n) is 3.16. The molecule has 0 saturated carbocycles.